The molecular weight excluding hydrogens is 478 g/mol. The number of para-hydroxylation sites is 3. The number of rotatable bonds is 2. The predicted octanol–water partition coefficient (Wildman–Crippen LogP) is 8.02. The molecule has 0 amide bonds. The monoisotopic (exact) mass is 501 g/mol. The van der Waals surface area contributed by atoms with Gasteiger partial charge in [0.1, 0.15) is 5.65 Å². The molecule has 184 valence electrons. The predicted molar refractivity (Wildman–Crippen MR) is 159 cm³/mol. The van der Waals surface area contributed by atoms with Crippen molar-refractivity contribution in [1.82, 2.24) is 19.1 Å². The van der Waals surface area contributed by atoms with E-state index in [0.717, 1.165) is 56.1 Å². The van der Waals surface area contributed by atoms with E-state index in [1.807, 2.05) is 12.3 Å². The Kier molecular flexibility index (Phi) is 4.11. The van der Waals surface area contributed by atoms with Crippen LogP contribution in [0.3, 0.4) is 0 Å². The molecule has 4 aromatic heterocycles. The average Bonchev–Trinajstić information content (AvgIpc) is 3.63. The van der Waals surface area contributed by atoms with E-state index < -0.39 is 0 Å². The lowest BCUT2D eigenvalue weighted by atomic mass is 9.90. The van der Waals surface area contributed by atoms with Crippen LogP contribution in [-0.4, -0.2) is 19.1 Å². The van der Waals surface area contributed by atoms with Gasteiger partial charge in [0, 0.05) is 52.1 Å². The summed E-state index contributed by atoms with van der Waals surface area (Å²) in [6, 6.07) is 34.2. The molecule has 39 heavy (non-hydrogen) atoms. The second-order valence-electron chi connectivity index (χ2n) is 10.4. The quantitative estimate of drug-likeness (QED) is 0.261. The normalized spacial score (nSPS) is 16.4. The highest BCUT2D eigenvalue weighted by atomic mass is 15.1. The van der Waals surface area contributed by atoms with Crippen molar-refractivity contribution in [2.24, 2.45) is 0 Å². The van der Waals surface area contributed by atoms with Crippen molar-refractivity contribution in [2.45, 2.75) is 12.3 Å². The summed E-state index contributed by atoms with van der Waals surface area (Å²) >= 11 is 0. The molecule has 0 bridgehead atoms. The zero-order valence-electron chi connectivity index (χ0n) is 21.0. The molecule has 0 saturated carbocycles. The van der Waals surface area contributed by atoms with Gasteiger partial charge in [0.05, 0.1) is 27.6 Å². The topological polar surface area (TPSA) is 47.7 Å². The fraction of sp³-hybridized carbons (Fsp3) is 0.0588. The fourth-order valence-corrected chi connectivity index (χ4v) is 6.58. The second-order valence-corrected chi connectivity index (χ2v) is 10.4. The Balaban J connectivity index is 1.34. The maximum absolute atomic E-state index is 5.42. The molecule has 1 atom stereocenters. The van der Waals surface area contributed by atoms with Crippen LogP contribution in [0.25, 0.3) is 55.4 Å². The Morgan fingerprint density at radius 2 is 1.51 bits per heavy atom. The van der Waals surface area contributed by atoms with Crippen LogP contribution >= 0.6 is 0 Å². The second kappa shape index (κ2) is 7.68. The van der Waals surface area contributed by atoms with Gasteiger partial charge in [-0.1, -0.05) is 54.6 Å². The molecule has 1 N–H and O–H groups in total. The fourth-order valence-electron chi connectivity index (χ4n) is 6.58. The number of pyridine rings is 2. The summed E-state index contributed by atoms with van der Waals surface area (Å²) in [7, 11) is 0. The van der Waals surface area contributed by atoms with E-state index in [9.17, 15) is 0 Å². The van der Waals surface area contributed by atoms with E-state index in [4.69, 9.17) is 9.97 Å². The number of allylic oxidation sites excluding steroid dienone is 4. The van der Waals surface area contributed by atoms with E-state index in [1.54, 1.807) is 0 Å². The van der Waals surface area contributed by atoms with Gasteiger partial charge in [-0.15, -0.1) is 0 Å². The van der Waals surface area contributed by atoms with Crippen LogP contribution in [0.5, 0.6) is 0 Å². The minimum absolute atomic E-state index is 0.314. The highest BCUT2D eigenvalue weighted by Crippen LogP contribution is 2.46. The van der Waals surface area contributed by atoms with Gasteiger partial charge in [-0.2, -0.15) is 0 Å². The van der Waals surface area contributed by atoms with Crippen molar-refractivity contribution in [3.8, 4) is 5.69 Å². The zero-order valence-corrected chi connectivity index (χ0v) is 21.0. The van der Waals surface area contributed by atoms with Crippen LogP contribution in [0.15, 0.2) is 121 Å². The van der Waals surface area contributed by atoms with Crippen molar-refractivity contribution >= 4 is 55.4 Å². The number of hydrogen-bond donors (Lipinski definition) is 1. The molecule has 5 heteroatoms. The minimum Gasteiger partial charge on any atom is -0.358 e. The van der Waals surface area contributed by atoms with Gasteiger partial charge in [0.15, 0.2) is 0 Å². The molecule has 0 saturated heterocycles. The van der Waals surface area contributed by atoms with Gasteiger partial charge in [-0.25, -0.2) is 4.98 Å². The van der Waals surface area contributed by atoms with Crippen LogP contribution < -0.4 is 5.32 Å². The van der Waals surface area contributed by atoms with Crippen LogP contribution in [-0.2, 0) is 0 Å². The lowest BCUT2D eigenvalue weighted by Crippen LogP contribution is -2.09. The first-order chi connectivity index (χ1) is 19.3. The zero-order chi connectivity index (χ0) is 25.5. The lowest BCUT2D eigenvalue weighted by molar-refractivity contribution is 0.819. The highest BCUT2D eigenvalue weighted by molar-refractivity contribution is 6.15. The molecule has 9 rings (SSSR count). The maximum atomic E-state index is 5.42. The Hall–Kier alpha value is -5.16. The Morgan fingerprint density at radius 3 is 2.46 bits per heavy atom. The van der Waals surface area contributed by atoms with Crippen LogP contribution in [0, 0.1) is 0 Å². The number of hydrogen-bond acceptors (Lipinski definition) is 3. The van der Waals surface area contributed by atoms with Crippen LogP contribution in [0.2, 0.25) is 0 Å². The van der Waals surface area contributed by atoms with Gasteiger partial charge >= 0.3 is 0 Å². The van der Waals surface area contributed by atoms with E-state index >= 15 is 0 Å². The van der Waals surface area contributed by atoms with Gasteiger partial charge in [0.2, 0.25) is 0 Å². The average molecular weight is 502 g/mol. The molecule has 5 nitrogen and oxygen atoms in total. The summed E-state index contributed by atoms with van der Waals surface area (Å²) in [5.41, 5.74) is 12.5. The van der Waals surface area contributed by atoms with E-state index in [2.05, 4.69) is 118 Å². The molecule has 0 radical (unpaired) electrons. The summed E-state index contributed by atoms with van der Waals surface area (Å²) in [6.45, 7) is 0. The number of benzene rings is 3. The SMILES string of the molecule is C1=C2Nc3ccccc3C2CC(n2c3cccnc3c3cc4c(nc32)c2ccccc2n4-c2ccccc2)=C1. The molecular formula is C34H23N5. The van der Waals surface area contributed by atoms with Gasteiger partial charge in [-0.05, 0) is 60.2 Å². The Labute approximate surface area is 224 Å². The van der Waals surface area contributed by atoms with Crippen molar-refractivity contribution in [3.63, 3.8) is 0 Å². The van der Waals surface area contributed by atoms with Crippen LogP contribution in [0.1, 0.15) is 17.9 Å². The molecule has 0 fully saturated rings. The Bertz CT molecular complexity index is 2180. The molecule has 2 aliphatic rings. The van der Waals surface area contributed by atoms with E-state index in [-0.39, 0.29) is 0 Å². The third-order valence-corrected chi connectivity index (χ3v) is 8.28. The minimum atomic E-state index is 0.314. The molecule has 1 aliphatic heterocycles. The summed E-state index contributed by atoms with van der Waals surface area (Å²) in [5.74, 6) is 0.314. The van der Waals surface area contributed by atoms with E-state index in [1.165, 1.54) is 22.6 Å². The number of anilines is 1. The molecule has 7 aromatic rings. The molecule has 0 spiro atoms. The summed E-state index contributed by atoms with van der Waals surface area (Å²) in [4.78, 5) is 10.3. The third kappa shape index (κ3) is 2.84. The number of nitrogens with zero attached hydrogens (tertiary/aromatic N) is 4. The van der Waals surface area contributed by atoms with Gasteiger partial charge < -0.3 is 9.88 Å². The smallest absolute Gasteiger partial charge is 0.147 e. The molecule has 1 aliphatic carbocycles. The van der Waals surface area contributed by atoms with Crippen molar-refractivity contribution < 1.29 is 0 Å². The molecule has 3 aromatic carbocycles. The third-order valence-electron chi connectivity index (χ3n) is 8.28. The maximum Gasteiger partial charge on any atom is 0.147 e. The number of fused-ring (bicyclic) bond motifs is 9. The first kappa shape index (κ1) is 20.8. The largest absolute Gasteiger partial charge is 0.358 e. The van der Waals surface area contributed by atoms with Crippen molar-refractivity contribution in [3.05, 3.63) is 127 Å². The molecule has 1 unspecified atom stereocenters. The van der Waals surface area contributed by atoms with Crippen molar-refractivity contribution in [1.29, 1.82) is 0 Å². The molecule has 5 heterocycles. The van der Waals surface area contributed by atoms with Crippen molar-refractivity contribution in [2.75, 3.05) is 5.32 Å². The standard InChI is InChI=1S/C34H23N5/c1-2-9-21(10-3-1)38-29-14-7-5-12-24(29)33-31(38)20-26-32-30(15-8-18-35-32)39(34(26)37-33)22-16-17-28-25(19-22)23-11-4-6-13-27(23)36-28/h1-18,20,25,36H,19H2. The first-order valence-corrected chi connectivity index (χ1v) is 13.4. The Morgan fingerprint density at radius 1 is 0.692 bits per heavy atom. The van der Waals surface area contributed by atoms with Gasteiger partial charge in [-0.3, -0.25) is 9.55 Å². The van der Waals surface area contributed by atoms with Gasteiger partial charge in [0.25, 0.3) is 0 Å². The number of aromatic nitrogens is 4. The summed E-state index contributed by atoms with van der Waals surface area (Å²) < 4.78 is 4.65. The first-order valence-electron chi connectivity index (χ1n) is 13.4. The number of nitrogens with one attached hydrogen (secondary N) is 1. The van der Waals surface area contributed by atoms with Crippen LogP contribution in [0.4, 0.5) is 5.69 Å². The summed E-state index contributed by atoms with van der Waals surface area (Å²) in [5, 5.41) is 5.83. The summed E-state index contributed by atoms with van der Waals surface area (Å²) in [6.07, 6.45) is 7.26. The lowest BCUT2D eigenvalue weighted by Gasteiger charge is -2.21. The highest BCUT2D eigenvalue weighted by Gasteiger charge is 2.31. The van der Waals surface area contributed by atoms with E-state index in [0.29, 0.717) is 5.92 Å².